The maximum absolute atomic E-state index is 11.2. The number of nitrogens with zero attached hydrogens (tertiary/aromatic N) is 2. The minimum atomic E-state index is -0.396. The van der Waals surface area contributed by atoms with Crippen LogP contribution in [0.1, 0.15) is 19.3 Å². The minimum Gasteiger partial charge on any atom is -0.396 e. The van der Waals surface area contributed by atoms with Crippen LogP contribution in [0.4, 0.5) is 11.4 Å². The predicted molar refractivity (Wildman–Crippen MR) is 78.1 cm³/mol. The molecule has 1 fully saturated rings. The fraction of sp³-hybridized carbons (Fsp3) is 0.462. The van der Waals surface area contributed by atoms with Crippen molar-refractivity contribution in [3.05, 3.63) is 27.8 Å². The normalized spacial score (nSPS) is 22.2. The monoisotopic (exact) mass is 293 g/mol. The van der Waals surface area contributed by atoms with Crippen LogP contribution < -0.4 is 5.32 Å². The highest BCUT2D eigenvalue weighted by Crippen LogP contribution is 2.37. The lowest BCUT2D eigenvalue weighted by molar-refractivity contribution is -0.384. The number of pyridine rings is 1. The van der Waals surface area contributed by atoms with Gasteiger partial charge in [-0.2, -0.15) is 0 Å². The van der Waals surface area contributed by atoms with Crippen molar-refractivity contribution in [3.8, 4) is 0 Å². The van der Waals surface area contributed by atoms with Crippen LogP contribution in [0.3, 0.4) is 0 Å². The van der Waals surface area contributed by atoms with Crippen LogP contribution in [0.25, 0.3) is 10.2 Å². The van der Waals surface area contributed by atoms with E-state index >= 15 is 0 Å². The molecular formula is C13H15N3O3S. The Hall–Kier alpha value is -1.73. The highest BCUT2D eigenvalue weighted by atomic mass is 32.1. The first-order chi connectivity index (χ1) is 9.69. The van der Waals surface area contributed by atoms with Crippen LogP contribution in [0.5, 0.6) is 0 Å². The fourth-order valence-electron chi connectivity index (χ4n) is 2.76. The van der Waals surface area contributed by atoms with E-state index < -0.39 is 4.92 Å². The summed E-state index contributed by atoms with van der Waals surface area (Å²) < 4.78 is 0.826. The molecule has 2 atom stereocenters. The molecule has 0 unspecified atom stereocenters. The van der Waals surface area contributed by atoms with Crippen molar-refractivity contribution in [2.45, 2.75) is 25.3 Å². The summed E-state index contributed by atoms with van der Waals surface area (Å²) in [4.78, 5) is 14.9. The second-order valence-corrected chi connectivity index (χ2v) is 6.03. The van der Waals surface area contributed by atoms with Gasteiger partial charge in [0.15, 0.2) is 0 Å². The zero-order valence-corrected chi connectivity index (χ0v) is 11.6. The Morgan fingerprint density at radius 3 is 3.10 bits per heavy atom. The van der Waals surface area contributed by atoms with Crippen LogP contribution in [0.2, 0.25) is 0 Å². The van der Waals surface area contributed by atoms with Gasteiger partial charge in [-0.3, -0.25) is 10.1 Å². The van der Waals surface area contributed by atoms with Gasteiger partial charge in [-0.05, 0) is 36.6 Å². The molecule has 106 valence electrons. The number of aliphatic hydroxyl groups is 1. The van der Waals surface area contributed by atoms with Crippen molar-refractivity contribution >= 4 is 32.9 Å². The van der Waals surface area contributed by atoms with Crippen LogP contribution in [0, 0.1) is 16.0 Å². The molecule has 0 aliphatic heterocycles. The van der Waals surface area contributed by atoms with Gasteiger partial charge < -0.3 is 10.4 Å². The van der Waals surface area contributed by atoms with E-state index in [0.29, 0.717) is 11.6 Å². The summed E-state index contributed by atoms with van der Waals surface area (Å²) in [5.74, 6) is 0.298. The van der Waals surface area contributed by atoms with E-state index in [1.54, 1.807) is 0 Å². The molecule has 3 rings (SSSR count). The first kappa shape index (κ1) is 13.3. The molecule has 0 saturated heterocycles. The third kappa shape index (κ3) is 2.34. The Labute approximate surface area is 119 Å². The van der Waals surface area contributed by atoms with E-state index in [1.165, 1.54) is 17.5 Å². The van der Waals surface area contributed by atoms with Crippen molar-refractivity contribution in [1.29, 1.82) is 0 Å². The molecular weight excluding hydrogens is 278 g/mol. The third-order valence-corrected chi connectivity index (χ3v) is 4.72. The molecule has 20 heavy (non-hydrogen) atoms. The quantitative estimate of drug-likeness (QED) is 0.668. The van der Waals surface area contributed by atoms with Crippen LogP contribution in [0.15, 0.2) is 17.6 Å². The molecule has 0 amide bonds. The molecule has 0 spiro atoms. The molecule has 1 aliphatic carbocycles. The summed E-state index contributed by atoms with van der Waals surface area (Å²) in [6.07, 6.45) is 4.05. The summed E-state index contributed by atoms with van der Waals surface area (Å²) in [6, 6.07) is 2.04. The van der Waals surface area contributed by atoms with Crippen molar-refractivity contribution in [1.82, 2.24) is 4.98 Å². The Bertz CT molecular complexity index is 643. The maximum atomic E-state index is 11.2. The zero-order valence-electron chi connectivity index (χ0n) is 10.8. The lowest BCUT2D eigenvalue weighted by Gasteiger charge is -2.14. The highest BCUT2D eigenvalue weighted by molar-refractivity contribution is 7.17. The van der Waals surface area contributed by atoms with Gasteiger partial charge in [-0.25, -0.2) is 4.98 Å². The second-order valence-electron chi connectivity index (χ2n) is 5.11. The lowest BCUT2D eigenvalue weighted by atomic mass is 10.1. The van der Waals surface area contributed by atoms with E-state index in [0.717, 1.165) is 29.5 Å². The van der Waals surface area contributed by atoms with Gasteiger partial charge in [0.05, 0.1) is 15.1 Å². The standard InChI is InChI=1S/C13H15N3O3S/c17-7-8-1-2-9(5-8)15-12-11(16(18)19)6-14-10-3-4-20-13(10)12/h3-4,6,8-9,17H,1-2,5,7H2,(H,14,15)/t8-,9+/m1/s1. The van der Waals surface area contributed by atoms with Crippen LogP contribution >= 0.6 is 11.3 Å². The Kier molecular flexibility index (Phi) is 3.54. The van der Waals surface area contributed by atoms with Gasteiger partial charge in [0.2, 0.25) is 0 Å². The van der Waals surface area contributed by atoms with Crippen LogP contribution in [-0.2, 0) is 0 Å². The summed E-state index contributed by atoms with van der Waals surface area (Å²) >= 11 is 1.46. The average Bonchev–Trinajstić information content (AvgIpc) is 3.06. The van der Waals surface area contributed by atoms with Crippen LogP contribution in [-0.4, -0.2) is 27.7 Å². The molecule has 2 N–H and O–H groups in total. The number of aliphatic hydroxyl groups excluding tert-OH is 1. The number of nitro groups is 1. The molecule has 2 heterocycles. The zero-order chi connectivity index (χ0) is 14.1. The summed E-state index contributed by atoms with van der Waals surface area (Å²) in [7, 11) is 0. The Balaban J connectivity index is 1.94. The topological polar surface area (TPSA) is 88.3 Å². The molecule has 7 heteroatoms. The van der Waals surface area contributed by atoms with Crippen molar-refractivity contribution in [3.63, 3.8) is 0 Å². The van der Waals surface area contributed by atoms with E-state index in [2.05, 4.69) is 10.3 Å². The van der Waals surface area contributed by atoms with E-state index in [9.17, 15) is 15.2 Å². The summed E-state index contributed by atoms with van der Waals surface area (Å²) in [6.45, 7) is 0.186. The smallest absolute Gasteiger partial charge is 0.311 e. The number of aromatic nitrogens is 1. The minimum absolute atomic E-state index is 0.0207. The van der Waals surface area contributed by atoms with Gasteiger partial charge in [-0.15, -0.1) is 11.3 Å². The van der Waals surface area contributed by atoms with Gasteiger partial charge >= 0.3 is 5.69 Å². The fourth-order valence-corrected chi connectivity index (χ4v) is 3.61. The molecule has 0 aromatic carbocycles. The SMILES string of the molecule is O=[N+]([O-])c1cnc2ccsc2c1N[C@H]1CC[C@@H](CO)C1. The molecule has 0 radical (unpaired) electrons. The second kappa shape index (κ2) is 5.34. The molecule has 0 bridgehead atoms. The molecule has 2 aromatic rings. The number of hydrogen-bond donors (Lipinski definition) is 2. The molecule has 6 nitrogen and oxygen atoms in total. The summed E-state index contributed by atoms with van der Waals surface area (Å²) in [5.41, 5.74) is 1.37. The highest BCUT2D eigenvalue weighted by Gasteiger charge is 2.27. The van der Waals surface area contributed by atoms with Crippen molar-refractivity contribution in [2.75, 3.05) is 11.9 Å². The first-order valence-electron chi connectivity index (χ1n) is 6.57. The number of fused-ring (bicyclic) bond motifs is 1. The average molecular weight is 293 g/mol. The molecule has 1 aliphatic rings. The largest absolute Gasteiger partial charge is 0.396 e. The number of rotatable bonds is 4. The van der Waals surface area contributed by atoms with Crippen molar-refractivity contribution < 1.29 is 10.0 Å². The Morgan fingerprint density at radius 2 is 2.40 bits per heavy atom. The lowest BCUT2D eigenvalue weighted by Crippen LogP contribution is -2.17. The number of nitrogens with one attached hydrogen (secondary N) is 1. The van der Waals surface area contributed by atoms with Gasteiger partial charge in [0.25, 0.3) is 0 Å². The van der Waals surface area contributed by atoms with E-state index in [1.807, 2.05) is 11.4 Å². The molecule has 2 aromatic heterocycles. The van der Waals surface area contributed by atoms with E-state index in [4.69, 9.17) is 0 Å². The predicted octanol–water partition coefficient (Wildman–Crippen LogP) is 2.78. The third-order valence-electron chi connectivity index (χ3n) is 3.80. The van der Waals surface area contributed by atoms with Gasteiger partial charge in [0, 0.05) is 12.6 Å². The number of hydrogen-bond acceptors (Lipinski definition) is 6. The first-order valence-corrected chi connectivity index (χ1v) is 7.45. The number of anilines is 1. The van der Waals surface area contributed by atoms with E-state index in [-0.39, 0.29) is 18.3 Å². The maximum Gasteiger partial charge on any atom is 0.311 e. The molecule has 1 saturated carbocycles. The van der Waals surface area contributed by atoms with Gasteiger partial charge in [-0.1, -0.05) is 0 Å². The Morgan fingerprint density at radius 1 is 1.55 bits per heavy atom. The van der Waals surface area contributed by atoms with Gasteiger partial charge in [0.1, 0.15) is 11.9 Å². The number of thiophene rings is 1. The van der Waals surface area contributed by atoms with Crippen molar-refractivity contribution in [2.24, 2.45) is 5.92 Å². The summed E-state index contributed by atoms with van der Waals surface area (Å²) in [5, 5.41) is 25.5.